The fourth-order valence-corrected chi connectivity index (χ4v) is 3.02. The summed E-state index contributed by atoms with van der Waals surface area (Å²) in [4.78, 5) is 26.8. The highest BCUT2D eigenvalue weighted by molar-refractivity contribution is 5.79. The summed E-state index contributed by atoms with van der Waals surface area (Å²) in [5, 5.41) is 7.92. The Hall–Kier alpha value is -2.70. The van der Waals surface area contributed by atoms with E-state index in [1.807, 2.05) is 31.2 Å². The van der Waals surface area contributed by atoms with Crippen LogP contribution in [0.2, 0.25) is 0 Å². The molecule has 0 radical (unpaired) electrons. The van der Waals surface area contributed by atoms with Crippen LogP contribution in [0.4, 0.5) is 5.95 Å². The minimum absolute atomic E-state index is 0.0294. The Morgan fingerprint density at radius 1 is 1.16 bits per heavy atom. The van der Waals surface area contributed by atoms with Gasteiger partial charge in [-0.3, -0.25) is 25.4 Å². The molecule has 0 spiro atoms. The van der Waals surface area contributed by atoms with Crippen molar-refractivity contribution in [3.05, 3.63) is 51.4 Å². The number of H-pyrrole nitrogens is 1. The number of carbonyl (C=O) groups is 1. The average Bonchev–Trinajstić information content (AvgIpc) is 2.64. The minimum atomic E-state index is -0.315. The highest BCUT2D eigenvalue weighted by Gasteiger charge is 2.21. The smallest absolute Gasteiger partial charge is 0.274 e. The molecule has 1 aliphatic rings. The number of rotatable bonds is 5. The Kier molecular flexibility index (Phi) is 5.42. The molecule has 25 heavy (non-hydrogen) atoms. The third kappa shape index (κ3) is 4.65. The lowest BCUT2D eigenvalue weighted by Gasteiger charge is -2.20. The Balaban J connectivity index is 1.58. The summed E-state index contributed by atoms with van der Waals surface area (Å²) in [5.74, 6) is 0.106. The molecular weight excluding hydrogens is 318 g/mol. The van der Waals surface area contributed by atoms with E-state index in [0.29, 0.717) is 12.1 Å². The molecular formula is C18H23N5O2. The Labute approximate surface area is 146 Å². The second kappa shape index (κ2) is 7.92. The third-order valence-electron chi connectivity index (χ3n) is 4.54. The third-order valence-corrected chi connectivity index (χ3v) is 4.54. The van der Waals surface area contributed by atoms with E-state index in [9.17, 15) is 9.59 Å². The molecule has 1 fully saturated rings. The molecule has 0 saturated heterocycles. The molecule has 0 unspecified atom stereocenters. The number of amides is 1. The second-order valence-electron chi connectivity index (χ2n) is 6.56. The van der Waals surface area contributed by atoms with Crippen LogP contribution >= 0.6 is 0 Å². The predicted molar refractivity (Wildman–Crippen MR) is 95.0 cm³/mol. The topological polar surface area (TPSA) is 99.8 Å². The molecule has 7 nitrogen and oxygen atoms in total. The summed E-state index contributed by atoms with van der Waals surface area (Å²) in [6.07, 6.45) is 5.59. The number of aromatic amines is 1. The lowest BCUT2D eigenvalue weighted by Crippen LogP contribution is -2.37. The number of nitrogens with one attached hydrogen (secondary N) is 3. The van der Waals surface area contributed by atoms with E-state index in [-0.39, 0.29) is 23.3 Å². The molecule has 7 heteroatoms. The molecule has 2 aromatic rings. The highest BCUT2D eigenvalue weighted by Crippen LogP contribution is 2.23. The number of hydrogen-bond donors (Lipinski definition) is 3. The number of hydrogen-bond acceptors (Lipinski definition) is 5. The van der Waals surface area contributed by atoms with Gasteiger partial charge < -0.3 is 0 Å². The summed E-state index contributed by atoms with van der Waals surface area (Å²) in [5.41, 5.74) is 7.45. The Bertz CT molecular complexity index is 779. The van der Waals surface area contributed by atoms with Crippen molar-refractivity contribution in [2.75, 3.05) is 5.43 Å². The van der Waals surface area contributed by atoms with Crippen LogP contribution < -0.4 is 16.4 Å². The fraction of sp³-hybridized carbons (Fsp3) is 0.444. The fourth-order valence-electron chi connectivity index (χ4n) is 3.02. The molecule has 132 valence electrons. The lowest BCUT2D eigenvalue weighted by molar-refractivity contribution is -0.125. The maximum absolute atomic E-state index is 12.1. The zero-order chi connectivity index (χ0) is 17.6. The predicted octanol–water partition coefficient (Wildman–Crippen LogP) is 2.09. The summed E-state index contributed by atoms with van der Waals surface area (Å²) in [7, 11) is 0. The van der Waals surface area contributed by atoms with Gasteiger partial charge in [0, 0.05) is 12.3 Å². The zero-order valence-corrected chi connectivity index (χ0v) is 14.3. The monoisotopic (exact) mass is 341 g/mol. The molecule has 1 aromatic carbocycles. The SMILES string of the molecule is Cc1ccc(Cc2nnc(NNC(=O)C3CCCCC3)[nH]c2=O)cc1. The second-order valence-corrected chi connectivity index (χ2v) is 6.56. The zero-order valence-electron chi connectivity index (χ0n) is 14.3. The van der Waals surface area contributed by atoms with Crippen LogP contribution in [0.1, 0.15) is 48.9 Å². The van der Waals surface area contributed by atoms with Crippen LogP contribution in [0, 0.1) is 12.8 Å². The van der Waals surface area contributed by atoms with Crippen molar-refractivity contribution in [2.45, 2.75) is 45.4 Å². The van der Waals surface area contributed by atoms with Gasteiger partial charge in [0.2, 0.25) is 11.9 Å². The largest absolute Gasteiger partial charge is 0.288 e. The van der Waals surface area contributed by atoms with E-state index in [1.165, 1.54) is 6.42 Å². The van der Waals surface area contributed by atoms with Gasteiger partial charge in [-0.25, -0.2) is 0 Å². The normalized spacial score (nSPS) is 14.9. The van der Waals surface area contributed by atoms with Crippen LogP contribution in [0.5, 0.6) is 0 Å². The summed E-state index contributed by atoms with van der Waals surface area (Å²) in [6, 6.07) is 7.92. The lowest BCUT2D eigenvalue weighted by atomic mass is 9.89. The molecule has 3 N–H and O–H groups in total. The molecule has 1 aliphatic carbocycles. The van der Waals surface area contributed by atoms with Gasteiger partial charge in [0.25, 0.3) is 5.56 Å². The average molecular weight is 341 g/mol. The summed E-state index contributed by atoms with van der Waals surface area (Å²) >= 11 is 0. The molecule has 1 saturated carbocycles. The minimum Gasteiger partial charge on any atom is -0.288 e. The van der Waals surface area contributed by atoms with E-state index in [0.717, 1.165) is 36.8 Å². The van der Waals surface area contributed by atoms with Gasteiger partial charge >= 0.3 is 0 Å². The van der Waals surface area contributed by atoms with Crippen molar-refractivity contribution < 1.29 is 4.79 Å². The van der Waals surface area contributed by atoms with Crippen molar-refractivity contribution >= 4 is 11.9 Å². The molecule has 1 heterocycles. The van der Waals surface area contributed by atoms with Gasteiger partial charge in [-0.15, -0.1) is 10.2 Å². The summed E-state index contributed by atoms with van der Waals surface area (Å²) < 4.78 is 0. The highest BCUT2D eigenvalue weighted by atomic mass is 16.2. The van der Waals surface area contributed by atoms with E-state index < -0.39 is 0 Å². The molecule has 0 aliphatic heterocycles. The van der Waals surface area contributed by atoms with Crippen molar-refractivity contribution in [1.82, 2.24) is 20.6 Å². The number of carbonyl (C=O) groups excluding carboxylic acids is 1. The van der Waals surface area contributed by atoms with E-state index in [2.05, 4.69) is 26.0 Å². The first kappa shape index (κ1) is 17.1. The first-order chi connectivity index (χ1) is 12.1. The van der Waals surface area contributed by atoms with Crippen LogP contribution in [-0.2, 0) is 11.2 Å². The first-order valence-corrected chi connectivity index (χ1v) is 8.69. The van der Waals surface area contributed by atoms with Crippen molar-refractivity contribution in [3.63, 3.8) is 0 Å². The van der Waals surface area contributed by atoms with E-state index in [4.69, 9.17) is 0 Å². The van der Waals surface area contributed by atoms with Crippen molar-refractivity contribution in [2.24, 2.45) is 5.92 Å². The van der Waals surface area contributed by atoms with E-state index >= 15 is 0 Å². The van der Waals surface area contributed by atoms with Crippen LogP contribution in [0.3, 0.4) is 0 Å². The maximum Gasteiger partial charge on any atom is 0.274 e. The molecule has 0 atom stereocenters. The number of hydrazine groups is 1. The van der Waals surface area contributed by atoms with Crippen molar-refractivity contribution in [3.8, 4) is 0 Å². The van der Waals surface area contributed by atoms with E-state index in [1.54, 1.807) is 0 Å². The first-order valence-electron chi connectivity index (χ1n) is 8.69. The number of aryl methyl sites for hydroxylation is 1. The van der Waals surface area contributed by atoms with Gasteiger partial charge in [0.05, 0.1) is 0 Å². The van der Waals surface area contributed by atoms with Gasteiger partial charge in [-0.05, 0) is 25.3 Å². The van der Waals surface area contributed by atoms with Crippen LogP contribution in [0.15, 0.2) is 29.1 Å². The van der Waals surface area contributed by atoms with Gasteiger partial charge in [-0.1, -0.05) is 49.1 Å². The molecule has 0 bridgehead atoms. The maximum atomic E-state index is 12.1. The number of aromatic nitrogens is 3. The summed E-state index contributed by atoms with van der Waals surface area (Å²) in [6.45, 7) is 2.01. The van der Waals surface area contributed by atoms with Gasteiger partial charge in [-0.2, -0.15) is 0 Å². The quantitative estimate of drug-likeness (QED) is 0.723. The van der Waals surface area contributed by atoms with Crippen molar-refractivity contribution in [1.29, 1.82) is 0 Å². The van der Waals surface area contributed by atoms with Crippen LogP contribution in [-0.4, -0.2) is 21.1 Å². The molecule has 1 aromatic heterocycles. The number of nitrogens with zero attached hydrogens (tertiary/aromatic N) is 2. The van der Waals surface area contributed by atoms with Gasteiger partial charge in [0.15, 0.2) is 0 Å². The Morgan fingerprint density at radius 3 is 2.56 bits per heavy atom. The Morgan fingerprint density at radius 2 is 1.88 bits per heavy atom. The number of anilines is 1. The number of benzene rings is 1. The van der Waals surface area contributed by atoms with Crippen LogP contribution in [0.25, 0.3) is 0 Å². The molecule has 3 rings (SSSR count). The standard InChI is InChI=1S/C18H23N5O2/c1-12-7-9-13(10-8-12)11-15-17(25)19-18(22-20-15)23-21-16(24)14-5-3-2-4-6-14/h7-10,14H,2-6,11H2,1H3,(H,21,24)(H2,19,22,23,25). The molecule has 1 amide bonds. The van der Waals surface area contributed by atoms with Gasteiger partial charge in [0.1, 0.15) is 5.69 Å².